The van der Waals surface area contributed by atoms with Crippen molar-refractivity contribution in [3.8, 4) is 0 Å². The fourth-order valence-corrected chi connectivity index (χ4v) is 1.69. The van der Waals surface area contributed by atoms with Gasteiger partial charge < -0.3 is 4.74 Å². The number of ether oxygens (including phenoxy) is 1. The zero-order chi connectivity index (χ0) is 9.97. The van der Waals surface area contributed by atoms with Crippen molar-refractivity contribution in [1.29, 1.82) is 0 Å². The molecule has 1 fully saturated rings. The van der Waals surface area contributed by atoms with Gasteiger partial charge in [0.25, 0.3) is 0 Å². The van der Waals surface area contributed by atoms with Gasteiger partial charge in [0.1, 0.15) is 6.23 Å². The molecule has 1 aliphatic heterocycles. The minimum atomic E-state index is 0.0242. The van der Waals surface area contributed by atoms with Crippen molar-refractivity contribution >= 4 is 6.29 Å². The van der Waals surface area contributed by atoms with Crippen LogP contribution in [0.2, 0.25) is 0 Å². The third-order valence-electron chi connectivity index (χ3n) is 2.53. The molecule has 1 aromatic rings. The molecule has 4 nitrogen and oxygen atoms in total. The lowest BCUT2D eigenvalue weighted by atomic mass is 10.2. The zero-order valence-corrected chi connectivity index (χ0v) is 8.27. The Labute approximate surface area is 82.9 Å². The Morgan fingerprint density at radius 3 is 3.07 bits per heavy atom. The van der Waals surface area contributed by atoms with Gasteiger partial charge in [0.15, 0.2) is 6.29 Å². The van der Waals surface area contributed by atoms with Crippen LogP contribution in [-0.2, 0) is 4.74 Å². The van der Waals surface area contributed by atoms with E-state index >= 15 is 0 Å². The molecule has 2 heterocycles. The Bertz CT molecular complexity index is 327. The maximum Gasteiger partial charge on any atom is 0.153 e. The first-order valence-electron chi connectivity index (χ1n) is 4.94. The van der Waals surface area contributed by atoms with Crippen molar-refractivity contribution in [2.24, 2.45) is 0 Å². The monoisotopic (exact) mass is 194 g/mol. The third kappa shape index (κ3) is 1.70. The molecule has 76 valence electrons. The second-order valence-corrected chi connectivity index (χ2v) is 3.59. The van der Waals surface area contributed by atoms with Gasteiger partial charge in [-0.1, -0.05) is 0 Å². The van der Waals surface area contributed by atoms with Crippen LogP contribution < -0.4 is 0 Å². The summed E-state index contributed by atoms with van der Waals surface area (Å²) >= 11 is 0. The van der Waals surface area contributed by atoms with Crippen molar-refractivity contribution in [2.45, 2.75) is 32.4 Å². The molecular formula is C10H14N2O2. The topological polar surface area (TPSA) is 44.1 Å². The van der Waals surface area contributed by atoms with Gasteiger partial charge in [-0.05, 0) is 26.2 Å². The van der Waals surface area contributed by atoms with Crippen LogP contribution in [0.15, 0.2) is 6.20 Å². The maximum absolute atomic E-state index is 10.6. The standard InChI is InChI=1S/C10H14N2O2/c1-8-9(7-13)6-12(11-8)10-4-2-3-5-14-10/h6-7,10H,2-5H2,1H3. The highest BCUT2D eigenvalue weighted by Crippen LogP contribution is 2.22. The molecule has 0 saturated carbocycles. The van der Waals surface area contributed by atoms with Crippen LogP contribution in [0.3, 0.4) is 0 Å². The van der Waals surface area contributed by atoms with Gasteiger partial charge in [-0.15, -0.1) is 0 Å². The molecular weight excluding hydrogens is 180 g/mol. The van der Waals surface area contributed by atoms with Crippen LogP contribution in [0, 0.1) is 6.92 Å². The van der Waals surface area contributed by atoms with Crippen LogP contribution in [0.25, 0.3) is 0 Å². The third-order valence-corrected chi connectivity index (χ3v) is 2.53. The van der Waals surface area contributed by atoms with E-state index in [0.29, 0.717) is 5.56 Å². The number of nitrogens with zero attached hydrogens (tertiary/aromatic N) is 2. The lowest BCUT2D eigenvalue weighted by Gasteiger charge is -2.22. The smallest absolute Gasteiger partial charge is 0.153 e. The van der Waals surface area contributed by atoms with Gasteiger partial charge in [-0.25, -0.2) is 4.68 Å². The molecule has 1 aromatic heterocycles. The molecule has 1 atom stereocenters. The number of hydrogen-bond acceptors (Lipinski definition) is 3. The van der Waals surface area contributed by atoms with E-state index in [9.17, 15) is 4.79 Å². The highest BCUT2D eigenvalue weighted by Gasteiger charge is 2.17. The molecule has 0 aromatic carbocycles. The van der Waals surface area contributed by atoms with E-state index in [1.54, 1.807) is 10.9 Å². The van der Waals surface area contributed by atoms with Crippen molar-refractivity contribution < 1.29 is 9.53 Å². The number of carbonyl (C=O) groups excluding carboxylic acids is 1. The SMILES string of the molecule is Cc1nn(C2CCCCO2)cc1C=O. The Balaban J connectivity index is 2.18. The minimum absolute atomic E-state index is 0.0242. The summed E-state index contributed by atoms with van der Waals surface area (Å²) in [6.07, 6.45) is 5.90. The number of hydrogen-bond donors (Lipinski definition) is 0. The van der Waals surface area contributed by atoms with Gasteiger partial charge in [-0.2, -0.15) is 5.10 Å². The summed E-state index contributed by atoms with van der Waals surface area (Å²) in [5.41, 5.74) is 1.42. The van der Waals surface area contributed by atoms with E-state index in [-0.39, 0.29) is 6.23 Å². The number of carbonyl (C=O) groups is 1. The highest BCUT2D eigenvalue weighted by molar-refractivity contribution is 5.75. The normalized spacial score (nSPS) is 22.2. The average molecular weight is 194 g/mol. The Hall–Kier alpha value is -1.16. The van der Waals surface area contributed by atoms with Gasteiger partial charge >= 0.3 is 0 Å². The molecule has 0 N–H and O–H groups in total. The number of aromatic nitrogens is 2. The Kier molecular flexibility index (Phi) is 2.63. The quantitative estimate of drug-likeness (QED) is 0.673. The highest BCUT2D eigenvalue weighted by atomic mass is 16.5. The van der Waals surface area contributed by atoms with Crippen LogP contribution in [0.5, 0.6) is 0 Å². The molecule has 1 aliphatic rings. The first-order chi connectivity index (χ1) is 6.81. The second kappa shape index (κ2) is 3.92. The van der Waals surface area contributed by atoms with Crippen molar-refractivity contribution in [3.63, 3.8) is 0 Å². The molecule has 4 heteroatoms. The van der Waals surface area contributed by atoms with E-state index in [4.69, 9.17) is 4.74 Å². The van der Waals surface area contributed by atoms with Crippen LogP contribution >= 0.6 is 0 Å². The molecule has 0 bridgehead atoms. The fraction of sp³-hybridized carbons (Fsp3) is 0.600. The number of aryl methyl sites for hydroxylation is 1. The molecule has 1 unspecified atom stereocenters. The summed E-state index contributed by atoms with van der Waals surface area (Å²) in [7, 11) is 0. The van der Waals surface area contributed by atoms with Crippen molar-refractivity contribution in [2.75, 3.05) is 6.61 Å². The summed E-state index contributed by atoms with van der Waals surface area (Å²) in [6, 6.07) is 0. The Morgan fingerprint density at radius 2 is 2.50 bits per heavy atom. The van der Waals surface area contributed by atoms with E-state index < -0.39 is 0 Å². The van der Waals surface area contributed by atoms with E-state index in [1.165, 1.54) is 6.42 Å². The van der Waals surface area contributed by atoms with Crippen molar-refractivity contribution in [3.05, 3.63) is 17.5 Å². The summed E-state index contributed by atoms with van der Waals surface area (Å²) in [5, 5.41) is 4.27. The lowest BCUT2D eigenvalue weighted by Crippen LogP contribution is -2.18. The molecule has 0 radical (unpaired) electrons. The number of rotatable bonds is 2. The maximum atomic E-state index is 10.6. The predicted octanol–water partition coefficient (Wildman–Crippen LogP) is 1.70. The van der Waals surface area contributed by atoms with Crippen LogP contribution in [-0.4, -0.2) is 22.7 Å². The van der Waals surface area contributed by atoms with E-state index in [0.717, 1.165) is 31.4 Å². The molecule has 0 amide bonds. The molecule has 1 saturated heterocycles. The predicted molar refractivity (Wildman–Crippen MR) is 51.2 cm³/mol. The first-order valence-corrected chi connectivity index (χ1v) is 4.94. The first kappa shape index (κ1) is 9.40. The molecule has 14 heavy (non-hydrogen) atoms. The zero-order valence-electron chi connectivity index (χ0n) is 8.27. The van der Waals surface area contributed by atoms with E-state index in [1.807, 2.05) is 6.92 Å². The average Bonchev–Trinajstić information content (AvgIpc) is 2.61. The van der Waals surface area contributed by atoms with Gasteiger partial charge in [0.05, 0.1) is 11.3 Å². The van der Waals surface area contributed by atoms with Gasteiger partial charge in [-0.3, -0.25) is 4.79 Å². The summed E-state index contributed by atoms with van der Waals surface area (Å²) < 4.78 is 7.32. The second-order valence-electron chi connectivity index (χ2n) is 3.59. The van der Waals surface area contributed by atoms with Crippen LogP contribution in [0.1, 0.15) is 41.5 Å². The Morgan fingerprint density at radius 1 is 1.64 bits per heavy atom. The molecule has 0 aliphatic carbocycles. The van der Waals surface area contributed by atoms with Crippen molar-refractivity contribution in [1.82, 2.24) is 9.78 Å². The fourth-order valence-electron chi connectivity index (χ4n) is 1.69. The largest absolute Gasteiger partial charge is 0.357 e. The summed E-state index contributed by atoms with van der Waals surface area (Å²) in [6.45, 7) is 2.63. The molecule has 0 spiro atoms. The number of aldehydes is 1. The molecule has 2 rings (SSSR count). The lowest BCUT2D eigenvalue weighted by molar-refractivity contribution is -0.0396. The van der Waals surface area contributed by atoms with E-state index in [2.05, 4.69) is 5.10 Å². The van der Waals surface area contributed by atoms with Gasteiger partial charge in [0, 0.05) is 12.8 Å². The minimum Gasteiger partial charge on any atom is -0.357 e. The van der Waals surface area contributed by atoms with Gasteiger partial charge in [0.2, 0.25) is 0 Å². The summed E-state index contributed by atoms with van der Waals surface area (Å²) in [5.74, 6) is 0. The van der Waals surface area contributed by atoms with Crippen LogP contribution in [0.4, 0.5) is 0 Å². The summed E-state index contributed by atoms with van der Waals surface area (Å²) in [4.78, 5) is 10.6.